The highest BCUT2D eigenvalue weighted by molar-refractivity contribution is 4.81. The molecule has 2 nitrogen and oxygen atoms in total. The molecule has 0 fully saturated rings. The van der Waals surface area contributed by atoms with Crippen LogP contribution in [0.1, 0.15) is 136 Å². The second-order valence-electron chi connectivity index (χ2n) is 8.60. The average Bonchev–Trinajstić information content (AvgIpc) is 2.72. The molecule has 29 heavy (non-hydrogen) atoms. The third-order valence-corrected chi connectivity index (χ3v) is 5.29. The zero-order valence-electron chi connectivity index (χ0n) is 21.0. The van der Waals surface area contributed by atoms with Crippen LogP contribution in [-0.2, 0) is 0 Å². The van der Waals surface area contributed by atoms with Gasteiger partial charge in [0.2, 0.25) is 0 Å². The highest BCUT2D eigenvalue weighted by Gasteiger charge is 1.93. The topological polar surface area (TPSA) is 24.1 Å². The van der Waals surface area contributed by atoms with E-state index in [1.54, 1.807) is 0 Å². The van der Waals surface area contributed by atoms with Crippen molar-refractivity contribution in [2.75, 3.05) is 27.2 Å². The van der Waals surface area contributed by atoms with Crippen LogP contribution in [0.4, 0.5) is 0 Å². The molecule has 2 heteroatoms. The van der Waals surface area contributed by atoms with E-state index in [2.05, 4.69) is 36.6 Å². The van der Waals surface area contributed by atoms with Crippen LogP contribution in [0, 0.1) is 0 Å². The van der Waals surface area contributed by atoms with Gasteiger partial charge >= 0.3 is 0 Å². The Balaban J connectivity index is 0. The Morgan fingerprint density at radius 3 is 1.24 bits per heavy atom. The summed E-state index contributed by atoms with van der Waals surface area (Å²) in [6, 6.07) is 0. The lowest BCUT2D eigenvalue weighted by Gasteiger charge is -2.03. The average molecular weight is 411 g/mol. The van der Waals surface area contributed by atoms with E-state index in [-0.39, 0.29) is 0 Å². The standard InChI is InChI=1S/C25H51N.C2H7N/c1-3-5-6-7-8-9-10-11-12-13-14-15-16-17-18-19-20-21-22-23-25-26-24-4-2;1-3-2/h11-12,26H,3-10,13-25H2,1-2H3;3H,1-2H3/b12-11-;. The largest absolute Gasteiger partial charge is 0.323 e. The smallest absolute Gasteiger partial charge is 0.00489 e. The lowest BCUT2D eigenvalue weighted by atomic mass is 10.1. The summed E-state index contributed by atoms with van der Waals surface area (Å²) in [5, 5.41) is 6.24. The van der Waals surface area contributed by atoms with Gasteiger partial charge in [-0.2, -0.15) is 0 Å². The SMILES string of the molecule is CCCCCCCC/C=C\CCCCCCCCCCCCNCCC.CNC. The van der Waals surface area contributed by atoms with Crippen molar-refractivity contribution in [1.29, 1.82) is 0 Å². The van der Waals surface area contributed by atoms with Crippen molar-refractivity contribution in [3.8, 4) is 0 Å². The zero-order valence-corrected chi connectivity index (χ0v) is 21.0. The summed E-state index contributed by atoms with van der Waals surface area (Å²) >= 11 is 0. The van der Waals surface area contributed by atoms with Gasteiger partial charge in [-0.15, -0.1) is 0 Å². The molecule has 0 radical (unpaired) electrons. The van der Waals surface area contributed by atoms with Crippen molar-refractivity contribution in [1.82, 2.24) is 10.6 Å². The quantitative estimate of drug-likeness (QED) is 0.138. The molecular weight excluding hydrogens is 352 g/mol. The Bertz CT molecular complexity index is 276. The predicted octanol–water partition coefficient (Wildman–Crippen LogP) is 8.42. The molecule has 0 unspecified atom stereocenters. The Morgan fingerprint density at radius 1 is 0.448 bits per heavy atom. The molecule has 0 aromatic rings. The third kappa shape index (κ3) is 35.5. The van der Waals surface area contributed by atoms with E-state index in [0.717, 1.165) is 0 Å². The van der Waals surface area contributed by atoms with Gasteiger partial charge in [-0.1, -0.05) is 109 Å². The maximum atomic E-state index is 3.49. The summed E-state index contributed by atoms with van der Waals surface area (Å²) in [6.45, 7) is 6.94. The summed E-state index contributed by atoms with van der Waals surface area (Å²) in [4.78, 5) is 0. The molecule has 0 rings (SSSR count). The first-order chi connectivity index (χ1) is 14.3. The number of hydrogen-bond acceptors (Lipinski definition) is 2. The van der Waals surface area contributed by atoms with Crippen LogP contribution in [0.2, 0.25) is 0 Å². The Labute approximate surface area is 186 Å². The molecular formula is C27H58N2. The van der Waals surface area contributed by atoms with E-state index in [9.17, 15) is 0 Å². The van der Waals surface area contributed by atoms with Crippen molar-refractivity contribution in [2.24, 2.45) is 0 Å². The van der Waals surface area contributed by atoms with Crippen molar-refractivity contribution in [3.05, 3.63) is 12.2 Å². The third-order valence-electron chi connectivity index (χ3n) is 5.29. The van der Waals surface area contributed by atoms with Crippen LogP contribution in [-0.4, -0.2) is 27.2 Å². The van der Waals surface area contributed by atoms with Gasteiger partial charge in [-0.25, -0.2) is 0 Å². The van der Waals surface area contributed by atoms with E-state index in [4.69, 9.17) is 0 Å². The Hall–Kier alpha value is -0.340. The van der Waals surface area contributed by atoms with Gasteiger partial charge in [0.05, 0.1) is 0 Å². The van der Waals surface area contributed by atoms with Gasteiger partial charge in [0.25, 0.3) is 0 Å². The number of allylic oxidation sites excluding steroid dienone is 2. The molecule has 0 saturated carbocycles. The fourth-order valence-electron chi connectivity index (χ4n) is 3.51. The first kappa shape index (κ1) is 30.9. The van der Waals surface area contributed by atoms with Gasteiger partial charge in [-0.3, -0.25) is 0 Å². The van der Waals surface area contributed by atoms with Crippen LogP contribution in [0.3, 0.4) is 0 Å². The Morgan fingerprint density at radius 2 is 0.828 bits per heavy atom. The first-order valence-corrected chi connectivity index (χ1v) is 13.3. The van der Waals surface area contributed by atoms with E-state index in [1.165, 1.54) is 135 Å². The molecule has 2 N–H and O–H groups in total. The van der Waals surface area contributed by atoms with Crippen LogP contribution < -0.4 is 10.6 Å². The van der Waals surface area contributed by atoms with Crippen molar-refractivity contribution in [2.45, 2.75) is 136 Å². The molecule has 0 atom stereocenters. The van der Waals surface area contributed by atoms with E-state index in [0.29, 0.717) is 0 Å². The molecule has 0 aromatic carbocycles. The lowest BCUT2D eigenvalue weighted by Crippen LogP contribution is -2.15. The molecule has 0 aliphatic heterocycles. The van der Waals surface area contributed by atoms with Gasteiger partial charge < -0.3 is 10.6 Å². The minimum absolute atomic E-state index is 1.19. The van der Waals surface area contributed by atoms with Gasteiger partial charge in [0.15, 0.2) is 0 Å². The second-order valence-corrected chi connectivity index (χ2v) is 8.60. The molecule has 0 aliphatic rings. The maximum absolute atomic E-state index is 3.49. The van der Waals surface area contributed by atoms with Gasteiger partial charge in [0.1, 0.15) is 0 Å². The van der Waals surface area contributed by atoms with Crippen molar-refractivity contribution >= 4 is 0 Å². The number of hydrogen-bond donors (Lipinski definition) is 2. The summed E-state index contributed by atoms with van der Waals surface area (Å²) in [7, 11) is 3.75. The lowest BCUT2D eigenvalue weighted by molar-refractivity contribution is 0.540. The predicted molar refractivity (Wildman–Crippen MR) is 136 cm³/mol. The molecule has 0 bridgehead atoms. The van der Waals surface area contributed by atoms with E-state index in [1.807, 2.05) is 14.1 Å². The highest BCUT2D eigenvalue weighted by atomic mass is 14.8. The summed E-state index contributed by atoms with van der Waals surface area (Å²) in [5.41, 5.74) is 0. The van der Waals surface area contributed by atoms with Crippen molar-refractivity contribution in [3.63, 3.8) is 0 Å². The monoisotopic (exact) mass is 410 g/mol. The second kappa shape index (κ2) is 32.3. The molecule has 0 amide bonds. The highest BCUT2D eigenvalue weighted by Crippen LogP contribution is 2.12. The van der Waals surface area contributed by atoms with Crippen LogP contribution in [0.5, 0.6) is 0 Å². The van der Waals surface area contributed by atoms with Crippen LogP contribution in [0.15, 0.2) is 12.2 Å². The molecule has 0 heterocycles. The van der Waals surface area contributed by atoms with E-state index >= 15 is 0 Å². The Kier molecular flexibility index (Phi) is 34.4. The molecule has 0 spiro atoms. The number of nitrogens with one attached hydrogen (secondary N) is 2. The first-order valence-electron chi connectivity index (χ1n) is 13.3. The van der Waals surface area contributed by atoms with E-state index < -0.39 is 0 Å². The maximum Gasteiger partial charge on any atom is -0.00489 e. The molecule has 0 aliphatic carbocycles. The summed E-state index contributed by atoms with van der Waals surface area (Å²) in [6.07, 6.45) is 31.6. The summed E-state index contributed by atoms with van der Waals surface area (Å²) < 4.78 is 0. The fraction of sp³-hybridized carbons (Fsp3) is 0.926. The van der Waals surface area contributed by atoms with Crippen LogP contribution in [0.25, 0.3) is 0 Å². The molecule has 0 aromatic heterocycles. The van der Waals surface area contributed by atoms with Crippen molar-refractivity contribution < 1.29 is 0 Å². The number of rotatable bonds is 22. The number of unbranched alkanes of at least 4 members (excludes halogenated alkanes) is 16. The normalized spacial score (nSPS) is 11.0. The van der Waals surface area contributed by atoms with Gasteiger partial charge in [-0.05, 0) is 65.7 Å². The van der Waals surface area contributed by atoms with Gasteiger partial charge in [0, 0.05) is 0 Å². The van der Waals surface area contributed by atoms with Crippen LogP contribution >= 0.6 is 0 Å². The summed E-state index contributed by atoms with van der Waals surface area (Å²) in [5.74, 6) is 0. The minimum atomic E-state index is 1.19. The zero-order chi connectivity index (χ0) is 21.7. The fourth-order valence-corrected chi connectivity index (χ4v) is 3.51. The molecule has 0 saturated heterocycles. The minimum Gasteiger partial charge on any atom is -0.323 e. The molecule has 176 valence electrons.